The average molecular weight is 221 g/mol. The van der Waals surface area contributed by atoms with Crippen molar-refractivity contribution < 1.29 is 14.6 Å². The van der Waals surface area contributed by atoms with Crippen molar-refractivity contribution in [3.05, 3.63) is 35.4 Å². The first kappa shape index (κ1) is 11.7. The van der Waals surface area contributed by atoms with Gasteiger partial charge in [0.05, 0.1) is 12.7 Å². The molecule has 6 nitrogen and oxygen atoms in total. The molecule has 1 rings (SSSR count). The molecule has 0 heterocycles. The minimum atomic E-state index is -0.372. The predicted octanol–water partition coefficient (Wildman–Crippen LogP) is -1.84. The summed E-state index contributed by atoms with van der Waals surface area (Å²) in [6.45, 7) is 0. The molecule has 1 aromatic carbocycles. The van der Waals surface area contributed by atoms with Crippen LogP contribution in [0.2, 0.25) is 0 Å². The van der Waals surface area contributed by atoms with Crippen LogP contribution in [0.4, 0.5) is 0 Å². The number of hydrazone groups is 1. The van der Waals surface area contributed by atoms with Gasteiger partial charge in [-0.05, 0) is 24.3 Å². The van der Waals surface area contributed by atoms with Crippen molar-refractivity contribution in [1.29, 1.82) is 0 Å². The fraction of sp³-hybridized carbons (Fsp3) is 0.100. The summed E-state index contributed by atoms with van der Waals surface area (Å²) in [6, 6.07) is 6.77. The minimum Gasteiger partial charge on any atom is -0.465 e. The second-order valence-electron chi connectivity index (χ2n) is 2.92. The monoisotopic (exact) mass is 221 g/mol. The summed E-state index contributed by atoms with van der Waals surface area (Å²) in [4.78, 5) is 11.1. The summed E-state index contributed by atoms with van der Waals surface area (Å²) in [5, 5.41) is 6.13. The second-order valence-corrected chi connectivity index (χ2v) is 2.92. The number of rotatable bonds is 3. The molecular weight excluding hydrogens is 208 g/mol. The Labute approximate surface area is 92.6 Å². The van der Waals surface area contributed by atoms with Crippen molar-refractivity contribution >= 4 is 18.1 Å². The topological polar surface area (TPSA) is 105 Å². The van der Waals surface area contributed by atoms with Gasteiger partial charge < -0.3 is 16.2 Å². The zero-order chi connectivity index (χ0) is 12.0. The van der Waals surface area contributed by atoms with Crippen molar-refractivity contribution in [2.24, 2.45) is 16.6 Å². The van der Waals surface area contributed by atoms with Crippen LogP contribution in [0.5, 0.6) is 0 Å². The van der Waals surface area contributed by atoms with Gasteiger partial charge in [-0.2, -0.15) is 0 Å². The van der Waals surface area contributed by atoms with Crippen LogP contribution in [0.15, 0.2) is 29.4 Å². The smallest absolute Gasteiger partial charge is 0.337 e. The first-order valence-electron chi connectivity index (χ1n) is 4.49. The number of carbonyl (C=O) groups excluding carboxylic acids is 1. The number of hydrogen-bond acceptors (Lipinski definition) is 3. The molecule has 6 heteroatoms. The number of nitrogens with one attached hydrogen (secondary N) is 1. The number of guanidine groups is 1. The highest BCUT2D eigenvalue weighted by Gasteiger charge is 2.03. The van der Waals surface area contributed by atoms with Crippen molar-refractivity contribution in [3.63, 3.8) is 0 Å². The zero-order valence-corrected chi connectivity index (χ0v) is 8.81. The maximum absolute atomic E-state index is 11.1. The number of methoxy groups -OCH3 is 1. The van der Waals surface area contributed by atoms with Crippen molar-refractivity contribution in [3.8, 4) is 0 Å². The maximum Gasteiger partial charge on any atom is 0.337 e. The van der Waals surface area contributed by atoms with E-state index in [-0.39, 0.29) is 11.9 Å². The molecule has 0 fully saturated rings. The lowest BCUT2D eigenvalue weighted by atomic mass is 10.1. The van der Waals surface area contributed by atoms with Crippen LogP contribution in [0.3, 0.4) is 0 Å². The predicted molar refractivity (Wildman–Crippen MR) is 59.7 cm³/mol. The fourth-order valence-corrected chi connectivity index (χ4v) is 1.01. The van der Waals surface area contributed by atoms with Gasteiger partial charge in [0, 0.05) is 10.7 Å². The van der Waals surface area contributed by atoms with Gasteiger partial charge >= 0.3 is 5.97 Å². The molecule has 0 bridgehead atoms. The van der Waals surface area contributed by atoms with Gasteiger partial charge in [0.2, 0.25) is 6.21 Å². The largest absolute Gasteiger partial charge is 0.465 e. The van der Waals surface area contributed by atoms with Crippen molar-refractivity contribution in [2.75, 3.05) is 7.11 Å². The minimum absolute atomic E-state index is 0.0533. The molecule has 0 amide bonds. The van der Waals surface area contributed by atoms with Gasteiger partial charge in [0.15, 0.2) is 0 Å². The first-order chi connectivity index (χ1) is 7.63. The van der Waals surface area contributed by atoms with E-state index < -0.39 is 0 Å². The van der Waals surface area contributed by atoms with Crippen LogP contribution >= 0.6 is 0 Å². The lowest BCUT2D eigenvalue weighted by Crippen LogP contribution is -2.63. The van der Waals surface area contributed by atoms with Gasteiger partial charge in [-0.25, -0.2) is 4.79 Å². The molecule has 0 spiro atoms. The van der Waals surface area contributed by atoms with E-state index in [4.69, 9.17) is 11.5 Å². The third-order valence-corrected chi connectivity index (χ3v) is 1.76. The number of nitrogens with two attached hydrogens (primary N) is 2. The summed E-state index contributed by atoms with van der Waals surface area (Å²) < 4.78 is 4.57. The van der Waals surface area contributed by atoms with Gasteiger partial charge in [-0.3, -0.25) is 0 Å². The molecule has 0 aromatic heterocycles. The Bertz CT molecular complexity index is 419. The molecule has 0 saturated carbocycles. The standard InChI is InChI=1S/C10H12N4O2/c1-16-9(15)8-4-2-7(3-5-8)6-13-14-10(11)12/h2-6H,1H3,(H4,11,12,14)/p+1/b13-6+. The van der Waals surface area contributed by atoms with Gasteiger partial charge in [0.25, 0.3) is 5.96 Å². The molecule has 1 aromatic rings. The Hall–Kier alpha value is -2.37. The Morgan fingerprint density at radius 3 is 2.50 bits per heavy atom. The lowest BCUT2D eigenvalue weighted by molar-refractivity contribution is -0.456. The van der Waals surface area contributed by atoms with E-state index in [2.05, 4.69) is 14.9 Å². The molecule has 5 N–H and O–H groups in total. The van der Waals surface area contributed by atoms with E-state index in [1.165, 1.54) is 7.11 Å². The SMILES string of the molecule is COC(=O)c1ccc(/C=[NH+]/N=C(N)N)cc1. The van der Waals surface area contributed by atoms with Gasteiger partial charge in [-0.1, -0.05) is 0 Å². The molecule has 0 saturated heterocycles. The second kappa shape index (κ2) is 5.50. The quantitative estimate of drug-likeness (QED) is 0.241. The zero-order valence-electron chi connectivity index (χ0n) is 8.81. The molecule has 0 radical (unpaired) electrons. The summed E-state index contributed by atoms with van der Waals surface area (Å²) >= 11 is 0. The Kier molecular flexibility index (Phi) is 4.02. The molecule has 84 valence electrons. The lowest BCUT2D eigenvalue weighted by Gasteiger charge is -1.97. The van der Waals surface area contributed by atoms with E-state index in [1.807, 2.05) is 0 Å². The Morgan fingerprint density at radius 2 is 2.00 bits per heavy atom. The van der Waals surface area contributed by atoms with Gasteiger partial charge in [-0.15, -0.1) is 5.10 Å². The molecule has 0 aliphatic carbocycles. The van der Waals surface area contributed by atoms with Crippen LogP contribution in [-0.2, 0) is 4.74 Å². The highest BCUT2D eigenvalue weighted by molar-refractivity contribution is 5.90. The van der Waals surface area contributed by atoms with Gasteiger partial charge in [0.1, 0.15) is 0 Å². The highest BCUT2D eigenvalue weighted by atomic mass is 16.5. The van der Waals surface area contributed by atoms with Crippen LogP contribution in [-0.4, -0.2) is 25.3 Å². The number of hydrogen-bond donors (Lipinski definition) is 3. The molecule has 16 heavy (non-hydrogen) atoms. The summed E-state index contributed by atoms with van der Waals surface area (Å²) in [7, 11) is 1.34. The maximum atomic E-state index is 11.1. The van der Waals surface area contributed by atoms with Crippen LogP contribution < -0.4 is 16.6 Å². The number of nitrogens with zero attached hydrogens (tertiary/aromatic N) is 1. The third kappa shape index (κ3) is 3.41. The van der Waals surface area contributed by atoms with E-state index in [1.54, 1.807) is 30.5 Å². The molecule has 0 unspecified atom stereocenters. The molecular formula is C10H13N4O2+. The molecule has 0 atom stereocenters. The first-order valence-corrected chi connectivity index (χ1v) is 4.49. The van der Waals surface area contributed by atoms with E-state index in [9.17, 15) is 4.79 Å². The Morgan fingerprint density at radius 1 is 1.38 bits per heavy atom. The van der Waals surface area contributed by atoms with Crippen LogP contribution in [0.1, 0.15) is 15.9 Å². The summed E-state index contributed by atoms with van der Waals surface area (Å²) in [5.41, 5.74) is 11.6. The number of esters is 1. The van der Waals surface area contributed by atoms with E-state index in [0.29, 0.717) is 5.56 Å². The highest BCUT2D eigenvalue weighted by Crippen LogP contribution is 2.02. The van der Waals surface area contributed by atoms with Crippen LogP contribution in [0.25, 0.3) is 0 Å². The van der Waals surface area contributed by atoms with Crippen molar-refractivity contribution in [2.45, 2.75) is 0 Å². The Balaban J connectivity index is 2.76. The normalized spacial score (nSPS) is 10.1. The third-order valence-electron chi connectivity index (χ3n) is 1.76. The van der Waals surface area contributed by atoms with E-state index >= 15 is 0 Å². The van der Waals surface area contributed by atoms with Crippen molar-refractivity contribution in [1.82, 2.24) is 0 Å². The number of carbonyl (C=O) groups is 1. The average Bonchev–Trinajstić information content (AvgIpc) is 2.28. The number of ether oxygens (including phenoxy) is 1. The molecule has 0 aliphatic heterocycles. The van der Waals surface area contributed by atoms with E-state index in [0.717, 1.165) is 5.56 Å². The fourth-order valence-electron chi connectivity index (χ4n) is 1.01. The number of benzene rings is 1. The summed E-state index contributed by atoms with van der Waals surface area (Å²) in [5.74, 6) is -0.425. The molecule has 0 aliphatic rings. The summed E-state index contributed by atoms with van der Waals surface area (Å²) in [6.07, 6.45) is 1.60. The van der Waals surface area contributed by atoms with Crippen LogP contribution in [0, 0.1) is 0 Å².